The zero-order valence-corrected chi connectivity index (χ0v) is 14.7. The number of rotatable bonds is 6. The number of nitrogens with zero attached hydrogens (tertiary/aromatic N) is 1. The summed E-state index contributed by atoms with van der Waals surface area (Å²) in [5.74, 6) is 2.75. The Hall–Kier alpha value is -2.35. The van der Waals surface area contributed by atoms with E-state index in [1.807, 2.05) is 6.07 Å². The Bertz CT molecular complexity index is 718. The van der Waals surface area contributed by atoms with Crippen LogP contribution in [0.15, 0.2) is 39.4 Å². The lowest BCUT2D eigenvalue weighted by Gasteiger charge is -2.16. The van der Waals surface area contributed by atoms with Gasteiger partial charge in [0.15, 0.2) is 16.2 Å². The van der Waals surface area contributed by atoms with Crippen LogP contribution in [0.25, 0.3) is 0 Å². The summed E-state index contributed by atoms with van der Waals surface area (Å²) in [5.41, 5.74) is 0. The average Bonchev–Trinajstić information content (AvgIpc) is 3.19. The second-order valence-electron chi connectivity index (χ2n) is 5.16. The Kier molecular flexibility index (Phi) is 5.14. The molecule has 0 atom stereocenters. The first-order valence-electron chi connectivity index (χ1n) is 7.37. The Morgan fingerprint density at radius 1 is 1.29 bits per heavy atom. The molecule has 128 valence electrons. The number of carbonyl (C=O) groups is 1. The number of nitrogens with one attached hydrogen (secondary N) is 1. The summed E-state index contributed by atoms with van der Waals surface area (Å²) in [6.45, 7) is 1.36. The fraction of sp³-hybridized carbons (Fsp3) is 0.312. The molecule has 0 aliphatic carbocycles. The molecule has 2 heterocycles. The van der Waals surface area contributed by atoms with Gasteiger partial charge in [-0.1, -0.05) is 0 Å². The highest BCUT2D eigenvalue weighted by Crippen LogP contribution is 2.34. The van der Waals surface area contributed by atoms with Crippen LogP contribution in [0.5, 0.6) is 17.2 Å². The molecule has 0 radical (unpaired) electrons. The highest BCUT2D eigenvalue weighted by molar-refractivity contribution is 9.10. The molecule has 1 N–H and O–H groups in total. The van der Waals surface area contributed by atoms with E-state index >= 15 is 0 Å². The number of benzene rings is 1. The van der Waals surface area contributed by atoms with Crippen molar-refractivity contribution in [2.24, 2.45) is 0 Å². The maximum atomic E-state index is 12.0. The fourth-order valence-corrected chi connectivity index (χ4v) is 2.51. The SMILES string of the molecule is CN(Cc1ccc(Br)o1)C(=O)NCCOc1ccc2c(c1)OCO2. The van der Waals surface area contributed by atoms with Gasteiger partial charge in [-0.3, -0.25) is 0 Å². The second kappa shape index (κ2) is 7.48. The van der Waals surface area contributed by atoms with Gasteiger partial charge >= 0.3 is 6.03 Å². The third-order valence-electron chi connectivity index (χ3n) is 3.36. The molecular weight excluding hydrogens is 380 g/mol. The molecule has 7 nitrogen and oxygen atoms in total. The maximum Gasteiger partial charge on any atom is 0.317 e. The van der Waals surface area contributed by atoms with Gasteiger partial charge in [0, 0.05) is 13.1 Å². The summed E-state index contributed by atoms with van der Waals surface area (Å²) in [4.78, 5) is 13.5. The second-order valence-corrected chi connectivity index (χ2v) is 5.94. The van der Waals surface area contributed by atoms with E-state index in [0.29, 0.717) is 47.4 Å². The molecule has 8 heteroatoms. The summed E-state index contributed by atoms with van der Waals surface area (Å²) in [5, 5.41) is 2.78. The summed E-state index contributed by atoms with van der Waals surface area (Å²) in [7, 11) is 1.70. The van der Waals surface area contributed by atoms with E-state index < -0.39 is 0 Å². The van der Waals surface area contributed by atoms with Crippen molar-refractivity contribution in [3.05, 3.63) is 40.8 Å². The minimum absolute atomic E-state index is 0.197. The number of ether oxygens (including phenoxy) is 3. The molecule has 0 bridgehead atoms. The number of hydrogen-bond acceptors (Lipinski definition) is 5. The molecule has 24 heavy (non-hydrogen) atoms. The van der Waals surface area contributed by atoms with Crippen LogP contribution in [0, 0.1) is 0 Å². The smallest absolute Gasteiger partial charge is 0.317 e. The lowest BCUT2D eigenvalue weighted by atomic mass is 10.3. The Labute approximate surface area is 147 Å². The third-order valence-corrected chi connectivity index (χ3v) is 3.79. The van der Waals surface area contributed by atoms with Crippen molar-refractivity contribution in [3.8, 4) is 17.2 Å². The lowest BCUT2D eigenvalue weighted by molar-refractivity contribution is 0.173. The minimum Gasteiger partial charge on any atom is -0.492 e. The number of amides is 2. The van der Waals surface area contributed by atoms with Gasteiger partial charge in [0.1, 0.15) is 18.1 Å². The fourth-order valence-electron chi connectivity index (χ4n) is 2.17. The maximum absolute atomic E-state index is 12.0. The Morgan fingerprint density at radius 3 is 2.92 bits per heavy atom. The first-order chi connectivity index (χ1) is 11.6. The monoisotopic (exact) mass is 396 g/mol. The van der Waals surface area contributed by atoms with Crippen molar-refractivity contribution in [1.82, 2.24) is 10.2 Å². The van der Waals surface area contributed by atoms with E-state index in [-0.39, 0.29) is 12.8 Å². The Morgan fingerprint density at radius 2 is 2.12 bits per heavy atom. The van der Waals surface area contributed by atoms with Crippen molar-refractivity contribution in [2.45, 2.75) is 6.54 Å². The van der Waals surface area contributed by atoms with Gasteiger partial charge in [0.25, 0.3) is 0 Å². The van der Waals surface area contributed by atoms with E-state index in [4.69, 9.17) is 18.6 Å². The summed E-state index contributed by atoms with van der Waals surface area (Å²) < 4.78 is 22.1. The number of hydrogen-bond donors (Lipinski definition) is 1. The zero-order valence-electron chi connectivity index (χ0n) is 13.1. The van der Waals surface area contributed by atoms with Crippen LogP contribution >= 0.6 is 15.9 Å². The van der Waals surface area contributed by atoms with Gasteiger partial charge in [0.05, 0.1) is 13.1 Å². The predicted octanol–water partition coefficient (Wildman–Crippen LogP) is 2.99. The van der Waals surface area contributed by atoms with Gasteiger partial charge in [0.2, 0.25) is 6.79 Å². The van der Waals surface area contributed by atoms with Gasteiger partial charge in [-0.2, -0.15) is 0 Å². The number of urea groups is 1. The van der Waals surface area contributed by atoms with E-state index in [1.165, 1.54) is 4.90 Å². The van der Waals surface area contributed by atoms with E-state index in [9.17, 15) is 4.79 Å². The van der Waals surface area contributed by atoms with Crippen LogP contribution < -0.4 is 19.5 Å². The lowest BCUT2D eigenvalue weighted by Crippen LogP contribution is -2.38. The predicted molar refractivity (Wildman–Crippen MR) is 89.3 cm³/mol. The van der Waals surface area contributed by atoms with Crippen LogP contribution in [-0.4, -0.2) is 37.9 Å². The summed E-state index contributed by atoms with van der Waals surface area (Å²) >= 11 is 3.23. The molecular formula is C16H17BrN2O5. The molecule has 2 amide bonds. The van der Waals surface area contributed by atoms with Crippen molar-refractivity contribution in [1.29, 1.82) is 0 Å². The molecule has 1 aliphatic heterocycles. The molecule has 0 fully saturated rings. The van der Waals surface area contributed by atoms with Gasteiger partial charge in [-0.05, 0) is 40.2 Å². The molecule has 1 aromatic carbocycles. The highest BCUT2D eigenvalue weighted by Gasteiger charge is 2.14. The van der Waals surface area contributed by atoms with E-state index in [2.05, 4.69) is 21.2 Å². The molecule has 0 spiro atoms. The van der Waals surface area contributed by atoms with Gasteiger partial charge in [-0.25, -0.2) is 4.79 Å². The first kappa shape index (κ1) is 16.5. The summed E-state index contributed by atoms with van der Waals surface area (Å²) in [6.07, 6.45) is 0. The normalized spacial score (nSPS) is 12.1. The number of halogens is 1. The van der Waals surface area contributed by atoms with Crippen molar-refractivity contribution >= 4 is 22.0 Å². The standard InChI is InChI=1S/C16H17BrN2O5/c1-19(9-12-3-5-15(17)24-12)16(20)18-6-7-21-11-2-4-13-14(8-11)23-10-22-13/h2-5,8H,6-7,9-10H2,1H3,(H,18,20). The molecule has 0 unspecified atom stereocenters. The van der Waals surface area contributed by atoms with Gasteiger partial charge < -0.3 is 28.8 Å². The van der Waals surface area contributed by atoms with Crippen LogP contribution in [-0.2, 0) is 6.54 Å². The van der Waals surface area contributed by atoms with Crippen molar-refractivity contribution in [3.63, 3.8) is 0 Å². The molecule has 1 aromatic heterocycles. The van der Waals surface area contributed by atoms with Crippen LogP contribution in [0.4, 0.5) is 4.79 Å². The quantitative estimate of drug-likeness (QED) is 0.759. The van der Waals surface area contributed by atoms with Crippen molar-refractivity contribution < 1.29 is 23.4 Å². The average molecular weight is 397 g/mol. The number of carbonyl (C=O) groups excluding carboxylic acids is 1. The number of furan rings is 1. The number of fused-ring (bicyclic) bond motifs is 1. The van der Waals surface area contributed by atoms with E-state index in [0.717, 1.165) is 0 Å². The van der Waals surface area contributed by atoms with E-state index in [1.54, 1.807) is 31.3 Å². The van der Waals surface area contributed by atoms with Crippen LogP contribution in [0.1, 0.15) is 5.76 Å². The van der Waals surface area contributed by atoms with Crippen LogP contribution in [0.2, 0.25) is 0 Å². The first-order valence-corrected chi connectivity index (χ1v) is 8.17. The van der Waals surface area contributed by atoms with Crippen molar-refractivity contribution in [2.75, 3.05) is 27.0 Å². The Balaban J connectivity index is 1.38. The largest absolute Gasteiger partial charge is 0.492 e. The molecule has 0 saturated carbocycles. The molecule has 0 saturated heterocycles. The minimum atomic E-state index is -0.197. The summed E-state index contributed by atoms with van der Waals surface area (Å²) in [6, 6.07) is 8.78. The van der Waals surface area contributed by atoms with Crippen LogP contribution in [0.3, 0.4) is 0 Å². The third kappa shape index (κ3) is 4.14. The topological polar surface area (TPSA) is 73.2 Å². The molecule has 2 aromatic rings. The van der Waals surface area contributed by atoms with Gasteiger partial charge in [-0.15, -0.1) is 0 Å². The molecule has 3 rings (SSSR count). The highest BCUT2D eigenvalue weighted by atomic mass is 79.9. The zero-order chi connectivity index (χ0) is 16.9. The molecule has 1 aliphatic rings.